The van der Waals surface area contributed by atoms with Crippen molar-refractivity contribution < 1.29 is 24.3 Å². The number of imidazole rings is 1. The van der Waals surface area contributed by atoms with Crippen LogP contribution in [0.15, 0.2) is 108 Å². The number of nitrogens with one attached hydrogen (secondary N) is 2. The number of phenolic OH excluding ortho intramolecular Hbond substituents is 1. The fourth-order valence-corrected chi connectivity index (χ4v) is 6.19. The summed E-state index contributed by atoms with van der Waals surface area (Å²) in [5, 5.41) is 18.2. The quantitative estimate of drug-likeness (QED) is 0.0627. The Labute approximate surface area is 303 Å². The first kappa shape index (κ1) is 35.7. The molecule has 1 unspecified atom stereocenters. The molecule has 1 amide bonds. The van der Waals surface area contributed by atoms with Gasteiger partial charge in [-0.15, -0.1) is 0 Å². The summed E-state index contributed by atoms with van der Waals surface area (Å²) in [6.07, 6.45) is 4.70. The van der Waals surface area contributed by atoms with Crippen LogP contribution in [-0.4, -0.2) is 65.5 Å². The van der Waals surface area contributed by atoms with Gasteiger partial charge in [0.25, 0.3) is 0 Å². The van der Waals surface area contributed by atoms with E-state index in [1.54, 1.807) is 18.2 Å². The number of oxime groups is 1. The third-order valence-corrected chi connectivity index (χ3v) is 9.10. The maximum atomic E-state index is 12.5. The minimum atomic E-state index is -0.752. The van der Waals surface area contributed by atoms with Crippen molar-refractivity contribution in [3.8, 4) is 39.7 Å². The van der Waals surface area contributed by atoms with Crippen molar-refractivity contribution in [2.45, 2.75) is 39.2 Å². The Balaban J connectivity index is 1.22. The van der Waals surface area contributed by atoms with Crippen LogP contribution >= 0.6 is 0 Å². The molecule has 2 heterocycles. The predicted molar refractivity (Wildman–Crippen MR) is 205 cm³/mol. The highest BCUT2D eigenvalue weighted by Gasteiger charge is 2.29. The van der Waals surface area contributed by atoms with Crippen LogP contribution in [0.2, 0.25) is 0 Å². The van der Waals surface area contributed by atoms with Crippen LogP contribution in [0.5, 0.6) is 5.75 Å². The lowest BCUT2D eigenvalue weighted by molar-refractivity contribution is -0.152. The van der Waals surface area contributed by atoms with Gasteiger partial charge in [0.15, 0.2) is 0 Å². The molecule has 1 aliphatic rings. The van der Waals surface area contributed by atoms with E-state index in [2.05, 4.69) is 46.3 Å². The maximum Gasteiger partial charge on any atom is 0.350 e. The van der Waals surface area contributed by atoms with E-state index in [1.807, 2.05) is 78.9 Å². The Morgan fingerprint density at radius 3 is 2.37 bits per heavy atom. The summed E-state index contributed by atoms with van der Waals surface area (Å²) in [6, 6.07) is 31.5. The van der Waals surface area contributed by atoms with Crippen molar-refractivity contribution in [3.05, 3.63) is 120 Å². The van der Waals surface area contributed by atoms with Crippen molar-refractivity contribution in [1.29, 1.82) is 0 Å². The van der Waals surface area contributed by atoms with Crippen molar-refractivity contribution in [2.75, 3.05) is 31.6 Å². The molecule has 3 N–H and O–H groups in total. The molecule has 0 spiro atoms. The van der Waals surface area contributed by atoms with E-state index in [4.69, 9.17) is 14.6 Å². The summed E-state index contributed by atoms with van der Waals surface area (Å²) in [5.41, 5.74) is 8.34. The second-order valence-electron chi connectivity index (χ2n) is 12.5. The first-order valence-electron chi connectivity index (χ1n) is 17.6. The fourth-order valence-electron chi connectivity index (χ4n) is 6.19. The monoisotopic (exact) mass is 697 g/mol. The first-order chi connectivity index (χ1) is 25.4. The van der Waals surface area contributed by atoms with Crippen LogP contribution in [-0.2, 0) is 25.6 Å². The zero-order valence-corrected chi connectivity index (χ0v) is 29.6. The molecule has 6 rings (SSSR count). The van der Waals surface area contributed by atoms with Gasteiger partial charge in [-0.1, -0.05) is 84.0 Å². The number of amides is 1. The number of phenols is 1. The molecule has 10 nitrogen and oxygen atoms in total. The molecule has 0 fully saturated rings. The highest BCUT2D eigenvalue weighted by molar-refractivity contribution is 6.04. The summed E-state index contributed by atoms with van der Waals surface area (Å²) >= 11 is 0. The molecule has 52 heavy (non-hydrogen) atoms. The number of hydrogen-bond donors (Lipinski definition) is 3. The molecule has 4 aromatic carbocycles. The van der Waals surface area contributed by atoms with Crippen LogP contribution in [0.1, 0.15) is 43.4 Å². The van der Waals surface area contributed by atoms with Crippen molar-refractivity contribution in [1.82, 2.24) is 15.3 Å². The molecule has 0 bridgehead atoms. The van der Waals surface area contributed by atoms with Gasteiger partial charge in [0.1, 0.15) is 11.6 Å². The van der Waals surface area contributed by atoms with Crippen LogP contribution in [0.25, 0.3) is 40.0 Å². The molecular formula is C42H43N5O5. The van der Waals surface area contributed by atoms with E-state index in [0.29, 0.717) is 35.8 Å². The molecule has 266 valence electrons. The number of esters is 1. The molecule has 0 aliphatic carbocycles. The molecule has 0 radical (unpaired) electrons. The smallest absolute Gasteiger partial charge is 0.350 e. The van der Waals surface area contributed by atoms with E-state index in [9.17, 15) is 14.7 Å². The van der Waals surface area contributed by atoms with Crippen LogP contribution < -0.4 is 10.2 Å². The molecule has 0 saturated heterocycles. The van der Waals surface area contributed by atoms with Crippen molar-refractivity contribution in [2.24, 2.45) is 5.16 Å². The molecule has 10 heteroatoms. The number of methoxy groups -OCH3 is 1. The average molecular weight is 698 g/mol. The van der Waals surface area contributed by atoms with Gasteiger partial charge in [-0.2, -0.15) is 0 Å². The minimum absolute atomic E-state index is 0.129. The number of H-pyrrole nitrogens is 1. The third-order valence-electron chi connectivity index (χ3n) is 9.10. The van der Waals surface area contributed by atoms with Gasteiger partial charge < -0.3 is 29.9 Å². The number of anilines is 1. The standard InChI is InChI=1S/C42H43N5O5/c1-4-47(5-2)33-22-23-34(36(48)26-33)41-44-39(40(45-41)32-20-18-30(19-21-32)35-27-37(52-46-35)42(50)51-3)31-16-13-29(14-17-31)15-24-38(49)43-25-9-12-28-10-7-6-8-11-28/h6-8,10-11,13-24,26,37,48H,4-5,9,12,25,27H2,1-3H3,(H,43,49)(H,44,45). The number of rotatable bonds is 14. The normalized spacial score (nSPS) is 13.8. The summed E-state index contributed by atoms with van der Waals surface area (Å²) in [7, 11) is 1.33. The number of ether oxygens (including phenoxy) is 1. The number of aromatic nitrogens is 2. The van der Waals surface area contributed by atoms with E-state index in [-0.39, 0.29) is 11.7 Å². The molecule has 1 aliphatic heterocycles. The number of aromatic hydroxyl groups is 1. The Kier molecular flexibility index (Phi) is 11.5. The lowest BCUT2D eigenvalue weighted by Crippen LogP contribution is -2.22. The SMILES string of the molecule is CCN(CC)c1ccc(-c2nc(-c3ccc(C4=NOC(C(=O)OC)C4)cc3)c(-c3ccc(C=CC(=O)NCCCc4ccccc4)cc3)[nH]2)c(O)c1. The number of hydrogen-bond acceptors (Lipinski definition) is 8. The molecule has 0 saturated carbocycles. The maximum absolute atomic E-state index is 12.5. The lowest BCUT2D eigenvalue weighted by atomic mass is 10.00. The molecule has 1 aromatic heterocycles. The zero-order valence-electron chi connectivity index (χ0n) is 29.6. The Hall–Kier alpha value is -6.16. The van der Waals surface area contributed by atoms with E-state index >= 15 is 0 Å². The number of benzene rings is 4. The van der Waals surface area contributed by atoms with Crippen molar-refractivity contribution >= 4 is 29.4 Å². The molecule has 5 aromatic rings. The Bertz CT molecular complexity index is 2050. The molecule has 1 atom stereocenters. The number of nitrogens with zero attached hydrogens (tertiary/aromatic N) is 3. The van der Waals surface area contributed by atoms with Crippen LogP contribution in [0.4, 0.5) is 5.69 Å². The highest BCUT2D eigenvalue weighted by atomic mass is 16.7. The van der Waals surface area contributed by atoms with Crippen molar-refractivity contribution in [3.63, 3.8) is 0 Å². The Morgan fingerprint density at radius 2 is 1.67 bits per heavy atom. The highest BCUT2D eigenvalue weighted by Crippen LogP contribution is 2.37. The van der Waals surface area contributed by atoms with Crippen LogP contribution in [0, 0.1) is 0 Å². The second-order valence-corrected chi connectivity index (χ2v) is 12.5. The summed E-state index contributed by atoms with van der Waals surface area (Å²) in [5.74, 6) is 0.0606. The number of aryl methyl sites for hydroxylation is 1. The summed E-state index contributed by atoms with van der Waals surface area (Å²) in [4.78, 5) is 40.3. The van der Waals surface area contributed by atoms with Gasteiger partial charge >= 0.3 is 5.97 Å². The zero-order chi connectivity index (χ0) is 36.5. The predicted octanol–water partition coefficient (Wildman–Crippen LogP) is 7.39. The number of carbonyl (C=O) groups is 2. The first-order valence-corrected chi connectivity index (χ1v) is 17.6. The number of carbonyl (C=O) groups excluding carboxylic acids is 2. The van der Waals surface area contributed by atoms with Gasteiger partial charge in [-0.3, -0.25) is 4.79 Å². The summed E-state index contributed by atoms with van der Waals surface area (Å²) < 4.78 is 4.80. The lowest BCUT2D eigenvalue weighted by Gasteiger charge is -2.21. The van der Waals surface area contributed by atoms with E-state index < -0.39 is 12.1 Å². The van der Waals surface area contributed by atoms with Gasteiger partial charge in [-0.25, -0.2) is 9.78 Å². The average Bonchev–Trinajstić information content (AvgIpc) is 3.86. The van der Waals surface area contributed by atoms with E-state index in [0.717, 1.165) is 59.6 Å². The minimum Gasteiger partial charge on any atom is -0.507 e. The van der Waals surface area contributed by atoms with Gasteiger partial charge in [-0.05, 0) is 61.6 Å². The number of aromatic amines is 1. The van der Waals surface area contributed by atoms with Gasteiger partial charge in [0.05, 0.1) is 29.8 Å². The fraction of sp³-hybridized carbons (Fsp3) is 0.238. The van der Waals surface area contributed by atoms with Gasteiger partial charge in [0, 0.05) is 55.0 Å². The van der Waals surface area contributed by atoms with Crippen LogP contribution in [0.3, 0.4) is 0 Å². The Morgan fingerprint density at radius 1 is 0.962 bits per heavy atom. The van der Waals surface area contributed by atoms with Gasteiger partial charge in [0.2, 0.25) is 12.0 Å². The van der Waals surface area contributed by atoms with E-state index in [1.165, 1.54) is 12.7 Å². The topological polar surface area (TPSA) is 129 Å². The molecular weight excluding hydrogens is 654 g/mol. The third kappa shape index (κ3) is 8.40. The largest absolute Gasteiger partial charge is 0.507 e. The summed E-state index contributed by atoms with van der Waals surface area (Å²) in [6.45, 7) is 6.42. The second kappa shape index (κ2) is 16.7.